The van der Waals surface area contributed by atoms with Gasteiger partial charge in [-0.25, -0.2) is 13.1 Å². The third-order valence-electron chi connectivity index (χ3n) is 3.54. The van der Waals surface area contributed by atoms with Gasteiger partial charge >= 0.3 is 0 Å². The Morgan fingerprint density at radius 1 is 1.48 bits per heavy atom. The van der Waals surface area contributed by atoms with E-state index in [0.29, 0.717) is 10.8 Å². The van der Waals surface area contributed by atoms with Crippen molar-refractivity contribution in [3.8, 4) is 6.07 Å². The van der Waals surface area contributed by atoms with E-state index in [-0.39, 0.29) is 16.6 Å². The minimum atomic E-state index is -3.63. The number of hydrogen-bond acceptors (Lipinski definition) is 5. The van der Waals surface area contributed by atoms with Crippen molar-refractivity contribution in [1.82, 2.24) is 4.72 Å². The largest absolute Gasteiger partial charge is 0.398 e. The Kier molecular flexibility index (Phi) is 5.14. The number of nitrogens with one attached hydrogen (secondary N) is 1. The molecule has 0 aromatic heterocycles. The first kappa shape index (κ1) is 16.1. The molecule has 114 valence electrons. The molecule has 0 heterocycles. The third-order valence-corrected chi connectivity index (χ3v) is 6.36. The predicted octanol–water partition coefficient (Wildman–Crippen LogP) is 2.09. The smallest absolute Gasteiger partial charge is 0.242 e. The molecule has 1 aliphatic rings. The van der Waals surface area contributed by atoms with Crippen LogP contribution < -0.4 is 10.5 Å². The molecule has 7 heteroatoms. The van der Waals surface area contributed by atoms with Gasteiger partial charge in [0.15, 0.2) is 0 Å². The van der Waals surface area contributed by atoms with Crippen molar-refractivity contribution in [2.24, 2.45) is 0 Å². The highest BCUT2D eigenvalue weighted by Crippen LogP contribution is 2.31. The van der Waals surface area contributed by atoms with Gasteiger partial charge in [-0.1, -0.05) is 6.92 Å². The molecule has 0 saturated heterocycles. The van der Waals surface area contributed by atoms with Crippen LogP contribution in [0.2, 0.25) is 0 Å². The summed E-state index contributed by atoms with van der Waals surface area (Å²) in [6.45, 7) is 2.11. The van der Waals surface area contributed by atoms with Gasteiger partial charge in [0.1, 0.15) is 4.90 Å². The molecule has 0 spiro atoms. The first-order chi connectivity index (χ1) is 9.96. The molecule has 1 aliphatic carbocycles. The summed E-state index contributed by atoms with van der Waals surface area (Å²) in [5, 5.41) is 9.32. The Morgan fingerprint density at radius 3 is 2.86 bits per heavy atom. The normalized spacial score (nSPS) is 22.1. The highest BCUT2D eigenvalue weighted by atomic mass is 32.2. The standard InChI is InChI=1S/C14H19N3O2S2/c1-2-20-12-5-4-11(8-12)17-21(18,19)14-6-3-10(9-15)7-13(14)16/h3,6-7,11-12,17H,2,4-5,8,16H2,1H3. The number of hydrogen-bond donors (Lipinski definition) is 2. The fourth-order valence-electron chi connectivity index (χ4n) is 2.58. The van der Waals surface area contributed by atoms with E-state index in [1.54, 1.807) is 0 Å². The summed E-state index contributed by atoms with van der Waals surface area (Å²) in [6, 6.07) is 6.16. The first-order valence-electron chi connectivity index (χ1n) is 6.90. The molecular formula is C14H19N3O2S2. The summed E-state index contributed by atoms with van der Waals surface area (Å²) in [5.41, 5.74) is 6.22. The highest BCUT2D eigenvalue weighted by Gasteiger charge is 2.29. The van der Waals surface area contributed by atoms with Crippen LogP contribution in [0.1, 0.15) is 31.7 Å². The summed E-state index contributed by atoms with van der Waals surface area (Å²) in [5.74, 6) is 1.05. The molecule has 0 radical (unpaired) electrons. The van der Waals surface area contributed by atoms with E-state index in [9.17, 15) is 8.42 Å². The number of nitrogens with zero attached hydrogens (tertiary/aromatic N) is 1. The minimum Gasteiger partial charge on any atom is -0.398 e. The van der Waals surface area contributed by atoms with Crippen molar-refractivity contribution < 1.29 is 8.42 Å². The molecule has 1 aromatic rings. The van der Waals surface area contributed by atoms with Gasteiger partial charge < -0.3 is 5.73 Å². The third kappa shape index (κ3) is 3.90. The predicted molar refractivity (Wildman–Crippen MR) is 85.4 cm³/mol. The average molecular weight is 325 g/mol. The van der Waals surface area contributed by atoms with Gasteiger partial charge in [-0.05, 0) is 43.2 Å². The van der Waals surface area contributed by atoms with Crippen LogP contribution in [0.4, 0.5) is 5.69 Å². The average Bonchev–Trinajstić information content (AvgIpc) is 2.85. The zero-order valence-corrected chi connectivity index (χ0v) is 13.5. The lowest BCUT2D eigenvalue weighted by atomic mass is 10.2. The molecule has 0 amide bonds. The van der Waals surface area contributed by atoms with E-state index in [2.05, 4.69) is 11.6 Å². The van der Waals surface area contributed by atoms with E-state index in [1.165, 1.54) is 18.2 Å². The molecule has 1 fully saturated rings. The Balaban J connectivity index is 2.11. The monoisotopic (exact) mass is 325 g/mol. The SMILES string of the molecule is CCSC1CCC(NS(=O)(=O)c2ccc(C#N)cc2N)C1. The number of nitrogen functional groups attached to an aromatic ring is 1. The molecule has 0 aliphatic heterocycles. The van der Waals surface area contributed by atoms with Crippen molar-refractivity contribution in [1.29, 1.82) is 5.26 Å². The maximum absolute atomic E-state index is 12.4. The Bertz CT molecular complexity index is 653. The Labute approximate surface area is 130 Å². The second-order valence-corrected chi connectivity index (χ2v) is 8.33. The molecule has 2 atom stereocenters. The van der Waals surface area contributed by atoms with Gasteiger partial charge in [0.05, 0.1) is 17.3 Å². The maximum atomic E-state index is 12.4. The van der Waals surface area contributed by atoms with Gasteiger partial charge in [-0.3, -0.25) is 0 Å². The minimum absolute atomic E-state index is 0.0332. The van der Waals surface area contributed by atoms with E-state index in [1.807, 2.05) is 17.8 Å². The number of thioether (sulfide) groups is 1. The van der Waals surface area contributed by atoms with Gasteiger partial charge in [0.25, 0.3) is 0 Å². The molecule has 3 N–H and O–H groups in total. The van der Waals surface area contributed by atoms with E-state index in [4.69, 9.17) is 11.0 Å². The number of rotatable bonds is 5. The zero-order chi connectivity index (χ0) is 15.5. The van der Waals surface area contributed by atoms with Gasteiger partial charge in [-0.15, -0.1) is 0 Å². The molecule has 1 saturated carbocycles. The lowest BCUT2D eigenvalue weighted by Crippen LogP contribution is -2.33. The van der Waals surface area contributed by atoms with Crippen LogP contribution >= 0.6 is 11.8 Å². The molecule has 5 nitrogen and oxygen atoms in total. The topological polar surface area (TPSA) is 96.0 Å². The Morgan fingerprint density at radius 2 is 2.24 bits per heavy atom. The van der Waals surface area contributed by atoms with E-state index < -0.39 is 10.0 Å². The van der Waals surface area contributed by atoms with Crippen molar-refractivity contribution in [2.75, 3.05) is 11.5 Å². The van der Waals surface area contributed by atoms with Crippen LogP contribution in [0.15, 0.2) is 23.1 Å². The Hall–Kier alpha value is -1.23. The van der Waals surface area contributed by atoms with Crippen molar-refractivity contribution in [3.05, 3.63) is 23.8 Å². The first-order valence-corrected chi connectivity index (χ1v) is 9.43. The number of anilines is 1. The lowest BCUT2D eigenvalue weighted by molar-refractivity contribution is 0.553. The summed E-state index contributed by atoms with van der Waals surface area (Å²) < 4.78 is 27.5. The molecule has 2 unspecified atom stereocenters. The molecule has 1 aromatic carbocycles. The van der Waals surface area contributed by atoms with Gasteiger partial charge in [0, 0.05) is 11.3 Å². The summed E-state index contributed by atoms with van der Waals surface area (Å²) in [6.07, 6.45) is 2.75. The second-order valence-electron chi connectivity index (χ2n) is 5.07. The van der Waals surface area contributed by atoms with Crippen LogP contribution in [0.3, 0.4) is 0 Å². The van der Waals surface area contributed by atoms with E-state index in [0.717, 1.165) is 25.0 Å². The quantitative estimate of drug-likeness (QED) is 0.808. The summed E-state index contributed by atoms with van der Waals surface area (Å²) in [4.78, 5) is 0.0492. The van der Waals surface area contributed by atoms with Gasteiger partial charge in [-0.2, -0.15) is 17.0 Å². The summed E-state index contributed by atoms with van der Waals surface area (Å²) in [7, 11) is -3.63. The van der Waals surface area contributed by atoms with Crippen molar-refractivity contribution in [2.45, 2.75) is 42.4 Å². The number of nitrogens with two attached hydrogens (primary N) is 1. The highest BCUT2D eigenvalue weighted by molar-refractivity contribution is 7.99. The zero-order valence-electron chi connectivity index (χ0n) is 11.9. The number of sulfonamides is 1. The van der Waals surface area contributed by atoms with Crippen LogP contribution in [0.5, 0.6) is 0 Å². The molecule has 21 heavy (non-hydrogen) atoms. The van der Waals surface area contributed by atoms with Crippen molar-refractivity contribution >= 4 is 27.5 Å². The van der Waals surface area contributed by atoms with Crippen molar-refractivity contribution in [3.63, 3.8) is 0 Å². The van der Waals surface area contributed by atoms with Gasteiger partial charge in [0.2, 0.25) is 10.0 Å². The molecule has 2 rings (SSSR count). The molecule has 0 bridgehead atoms. The molecular weight excluding hydrogens is 306 g/mol. The second kappa shape index (κ2) is 6.69. The van der Waals surface area contributed by atoms with Crippen LogP contribution in [-0.4, -0.2) is 25.5 Å². The fourth-order valence-corrected chi connectivity index (χ4v) is 5.12. The van der Waals surface area contributed by atoms with Crippen LogP contribution in [0.25, 0.3) is 0 Å². The number of nitriles is 1. The fraction of sp³-hybridized carbons (Fsp3) is 0.500. The van der Waals surface area contributed by atoms with E-state index >= 15 is 0 Å². The van der Waals surface area contributed by atoms with Crippen LogP contribution in [-0.2, 0) is 10.0 Å². The maximum Gasteiger partial charge on any atom is 0.242 e. The lowest BCUT2D eigenvalue weighted by Gasteiger charge is -2.14. The number of benzene rings is 1. The summed E-state index contributed by atoms with van der Waals surface area (Å²) >= 11 is 1.88. The van der Waals surface area contributed by atoms with Crippen LogP contribution in [0, 0.1) is 11.3 Å².